The highest BCUT2D eigenvalue weighted by Crippen LogP contribution is 2.32. The van der Waals surface area contributed by atoms with E-state index in [1.807, 2.05) is 0 Å². The van der Waals surface area contributed by atoms with Gasteiger partial charge in [0.05, 0.1) is 12.8 Å². The summed E-state index contributed by atoms with van der Waals surface area (Å²) in [6.07, 6.45) is 1.22. The molecule has 0 unspecified atom stereocenters. The fraction of sp³-hybridized carbons (Fsp3) is 0.167. The van der Waals surface area contributed by atoms with E-state index in [-0.39, 0.29) is 17.3 Å². The molecule has 1 heterocycles. The van der Waals surface area contributed by atoms with Gasteiger partial charge >= 0.3 is 0 Å². The SMILES string of the molecule is CNc1ncnc(Nc2cc(F)c(F)cc2F)c1OC. The average molecular weight is 284 g/mol. The van der Waals surface area contributed by atoms with Gasteiger partial charge in [0.25, 0.3) is 0 Å². The maximum atomic E-state index is 13.6. The highest BCUT2D eigenvalue weighted by atomic mass is 19.2. The van der Waals surface area contributed by atoms with E-state index in [2.05, 4.69) is 20.6 Å². The van der Waals surface area contributed by atoms with Crippen LogP contribution in [0.3, 0.4) is 0 Å². The molecule has 0 bridgehead atoms. The predicted molar refractivity (Wildman–Crippen MR) is 67.7 cm³/mol. The summed E-state index contributed by atoms with van der Waals surface area (Å²) in [4.78, 5) is 7.79. The molecule has 0 atom stereocenters. The molecule has 0 saturated carbocycles. The lowest BCUT2D eigenvalue weighted by Gasteiger charge is -2.13. The van der Waals surface area contributed by atoms with E-state index in [4.69, 9.17) is 4.74 Å². The van der Waals surface area contributed by atoms with E-state index in [1.165, 1.54) is 13.4 Å². The van der Waals surface area contributed by atoms with Gasteiger partial charge in [0, 0.05) is 19.2 Å². The van der Waals surface area contributed by atoms with Crippen LogP contribution in [0.1, 0.15) is 0 Å². The summed E-state index contributed by atoms with van der Waals surface area (Å²) in [5, 5.41) is 5.30. The van der Waals surface area contributed by atoms with E-state index >= 15 is 0 Å². The molecule has 5 nitrogen and oxygen atoms in total. The first-order chi connectivity index (χ1) is 9.56. The topological polar surface area (TPSA) is 59.1 Å². The van der Waals surface area contributed by atoms with Gasteiger partial charge in [-0.1, -0.05) is 0 Å². The summed E-state index contributed by atoms with van der Waals surface area (Å²) in [6.45, 7) is 0. The summed E-state index contributed by atoms with van der Waals surface area (Å²) in [5.41, 5.74) is -0.261. The van der Waals surface area contributed by atoms with E-state index in [9.17, 15) is 13.2 Å². The normalized spacial score (nSPS) is 10.2. The van der Waals surface area contributed by atoms with Gasteiger partial charge in [0.2, 0.25) is 5.75 Å². The second-order valence-corrected chi connectivity index (χ2v) is 3.73. The molecule has 2 rings (SSSR count). The summed E-state index contributed by atoms with van der Waals surface area (Å²) < 4.78 is 44.6. The quantitative estimate of drug-likeness (QED) is 0.845. The molecule has 0 aliphatic heterocycles. The van der Waals surface area contributed by atoms with Gasteiger partial charge in [-0.05, 0) is 0 Å². The minimum absolute atomic E-state index is 0.122. The fourth-order valence-electron chi connectivity index (χ4n) is 1.58. The van der Waals surface area contributed by atoms with Crippen LogP contribution in [0.5, 0.6) is 5.75 Å². The van der Waals surface area contributed by atoms with Crippen molar-refractivity contribution in [1.82, 2.24) is 9.97 Å². The summed E-state index contributed by atoms with van der Waals surface area (Å²) in [6, 6.07) is 1.15. The standard InChI is InChI=1S/C12H11F3N4O/c1-16-11-10(20-2)12(18-5-17-11)19-9-4-7(14)6(13)3-8(9)15/h3-5H,1-2H3,(H2,16,17,18,19). The Morgan fingerprint density at radius 1 is 1.00 bits per heavy atom. The molecule has 0 spiro atoms. The lowest BCUT2D eigenvalue weighted by atomic mass is 10.2. The molecule has 0 fully saturated rings. The van der Waals surface area contributed by atoms with Gasteiger partial charge in [-0.2, -0.15) is 0 Å². The molecule has 2 N–H and O–H groups in total. The Morgan fingerprint density at radius 2 is 1.65 bits per heavy atom. The number of rotatable bonds is 4. The zero-order valence-corrected chi connectivity index (χ0v) is 10.7. The monoisotopic (exact) mass is 284 g/mol. The summed E-state index contributed by atoms with van der Waals surface area (Å²) >= 11 is 0. The van der Waals surface area contributed by atoms with Crippen molar-refractivity contribution >= 4 is 17.3 Å². The lowest BCUT2D eigenvalue weighted by Crippen LogP contribution is -2.04. The molecule has 0 amide bonds. The first-order valence-electron chi connectivity index (χ1n) is 5.55. The zero-order valence-electron chi connectivity index (χ0n) is 10.7. The number of methoxy groups -OCH3 is 1. The average Bonchev–Trinajstić information content (AvgIpc) is 2.44. The Hall–Kier alpha value is -2.51. The van der Waals surface area contributed by atoms with Gasteiger partial charge in [-0.3, -0.25) is 0 Å². The first kappa shape index (κ1) is 13.9. The molecule has 1 aromatic heterocycles. The Labute approximate surface area is 112 Å². The fourth-order valence-corrected chi connectivity index (χ4v) is 1.58. The minimum atomic E-state index is -1.27. The Bertz CT molecular complexity index is 636. The number of aromatic nitrogens is 2. The second-order valence-electron chi connectivity index (χ2n) is 3.73. The third kappa shape index (κ3) is 2.58. The van der Waals surface area contributed by atoms with Gasteiger partial charge in [-0.15, -0.1) is 0 Å². The second kappa shape index (κ2) is 5.64. The van der Waals surface area contributed by atoms with E-state index < -0.39 is 17.5 Å². The number of nitrogens with one attached hydrogen (secondary N) is 2. The van der Waals surface area contributed by atoms with Gasteiger partial charge in [0.1, 0.15) is 12.1 Å². The van der Waals surface area contributed by atoms with Crippen LogP contribution >= 0.6 is 0 Å². The molecule has 20 heavy (non-hydrogen) atoms. The smallest absolute Gasteiger partial charge is 0.204 e. The van der Waals surface area contributed by atoms with Gasteiger partial charge in [-0.25, -0.2) is 23.1 Å². The summed E-state index contributed by atoms with van der Waals surface area (Å²) in [5.74, 6) is -2.67. The maximum Gasteiger partial charge on any atom is 0.204 e. The molecule has 106 valence electrons. The number of nitrogens with zero attached hydrogens (tertiary/aromatic N) is 2. The van der Waals surface area contributed by atoms with Crippen molar-refractivity contribution in [3.05, 3.63) is 35.9 Å². The highest BCUT2D eigenvalue weighted by molar-refractivity contribution is 5.69. The van der Waals surface area contributed by atoms with Crippen LogP contribution in [-0.4, -0.2) is 24.1 Å². The van der Waals surface area contributed by atoms with E-state index in [0.717, 1.165) is 0 Å². The number of anilines is 3. The van der Waals surface area contributed by atoms with Crippen molar-refractivity contribution in [2.75, 3.05) is 24.8 Å². The predicted octanol–water partition coefficient (Wildman–Crippen LogP) is 2.69. The van der Waals surface area contributed by atoms with Crippen molar-refractivity contribution in [3.8, 4) is 5.75 Å². The third-order valence-electron chi connectivity index (χ3n) is 2.51. The zero-order chi connectivity index (χ0) is 14.7. The molecule has 0 aliphatic carbocycles. The number of hydrogen-bond acceptors (Lipinski definition) is 5. The molecule has 8 heteroatoms. The van der Waals surface area contributed by atoms with Crippen LogP contribution in [0, 0.1) is 17.5 Å². The number of benzene rings is 1. The van der Waals surface area contributed by atoms with Crippen molar-refractivity contribution in [1.29, 1.82) is 0 Å². The molecule has 2 aromatic rings. The van der Waals surface area contributed by atoms with E-state index in [1.54, 1.807) is 7.05 Å². The van der Waals surface area contributed by atoms with Crippen LogP contribution in [-0.2, 0) is 0 Å². The van der Waals surface area contributed by atoms with Crippen molar-refractivity contribution in [3.63, 3.8) is 0 Å². The van der Waals surface area contributed by atoms with Gasteiger partial charge < -0.3 is 15.4 Å². The first-order valence-corrected chi connectivity index (χ1v) is 5.55. The van der Waals surface area contributed by atoms with Crippen LogP contribution < -0.4 is 15.4 Å². The van der Waals surface area contributed by atoms with Crippen LogP contribution in [0.4, 0.5) is 30.5 Å². The number of hydrogen-bond donors (Lipinski definition) is 2. The van der Waals surface area contributed by atoms with Crippen LogP contribution in [0.2, 0.25) is 0 Å². The molecule has 1 aromatic carbocycles. The van der Waals surface area contributed by atoms with Crippen molar-refractivity contribution in [2.24, 2.45) is 0 Å². The highest BCUT2D eigenvalue weighted by Gasteiger charge is 2.15. The Morgan fingerprint density at radius 3 is 2.30 bits per heavy atom. The molecule has 0 saturated heterocycles. The summed E-state index contributed by atoms with van der Waals surface area (Å²) in [7, 11) is 3.00. The van der Waals surface area contributed by atoms with Crippen LogP contribution in [0.15, 0.2) is 18.5 Å². The van der Waals surface area contributed by atoms with Crippen molar-refractivity contribution in [2.45, 2.75) is 0 Å². The molecule has 0 aliphatic rings. The van der Waals surface area contributed by atoms with E-state index in [0.29, 0.717) is 18.0 Å². The third-order valence-corrected chi connectivity index (χ3v) is 2.51. The number of halogens is 3. The van der Waals surface area contributed by atoms with Crippen LogP contribution in [0.25, 0.3) is 0 Å². The Balaban J connectivity index is 2.42. The largest absolute Gasteiger partial charge is 0.490 e. The molecular weight excluding hydrogens is 273 g/mol. The lowest BCUT2D eigenvalue weighted by molar-refractivity contribution is 0.415. The molecular formula is C12H11F3N4O. The maximum absolute atomic E-state index is 13.6. The van der Waals surface area contributed by atoms with Crippen molar-refractivity contribution < 1.29 is 17.9 Å². The molecule has 0 radical (unpaired) electrons. The van der Waals surface area contributed by atoms with Gasteiger partial charge in [0.15, 0.2) is 23.3 Å². The number of ether oxygens (including phenoxy) is 1. The Kier molecular flexibility index (Phi) is 3.92. The minimum Gasteiger partial charge on any atom is -0.490 e.